The van der Waals surface area contributed by atoms with Crippen molar-refractivity contribution in [3.8, 4) is 0 Å². The molecule has 0 aliphatic carbocycles. The van der Waals surface area contributed by atoms with Gasteiger partial charge >= 0.3 is 5.97 Å². The topological polar surface area (TPSA) is 75.6 Å². The summed E-state index contributed by atoms with van der Waals surface area (Å²) in [4.78, 5) is 23.7. The van der Waals surface area contributed by atoms with E-state index >= 15 is 0 Å². The number of carbonyl (C=O) groups excluding carboxylic acids is 1. The van der Waals surface area contributed by atoms with Crippen LogP contribution < -0.4 is 5.32 Å². The number of halogens is 2. The van der Waals surface area contributed by atoms with Crippen molar-refractivity contribution >= 4 is 39.4 Å². The summed E-state index contributed by atoms with van der Waals surface area (Å²) in [6, 6.07) is 12.9. The van der Waals surface area contributed by atoms with Crippen LogP contribution in [0.2, 0.25) is 0 Å². The highest BCUT2D eigenvalue weighted by molar-refractivity contribution is 9.10. The minimum Gasteiger partial charge on any atom is -0.477 e. The zero-order chi connectivity index (χ0) is 18.0. The van der Waals surface area contributed by atoms with Crippen LogP contribution in [-0.4, -0.2) is 16.9 Å². The van der Waals surface area contributed by atoms with E-state index in [1.165, 1.54) is 18.2 Å². The van der Waals surface area contributed by atoms with Gasteiger partial charge in [0.25, 0.3) is 0 Å². The predicted molar refractivity (Wildman–Crippen MR) is 92.9 cm³/mol. The molecule has 126 valence electrons. The lowest BCUT2D eigenvalue weighted by Crippen LogP contribution is -2.12. The number of Topliss-reactive ketones (excluding diaryl/α,β-unsaturated/α-hetero) is 1. The highest BCUT2D eigenvalue weighted by Gasteiger charge is 2.36. The van der Waals surface area contributed by atoms with E-state index in [4.69, 9.17) is 4.74 Å². The highest BCUT2D eigenvalue weighted by atomic mass is 79.9. The summed E-state index contributed by atoms with van der Waals surface area (Å²) in [7, 11) is 0. The molecule has 0 spiro atoms. The summed E-state index contributed by atoms with van der Waals surface area (Å²) in [5, 5.41) is 12.1. The number of anilines is 1. The van der Waals surface area contributed by atoms with Crippen molar-refractivity contribution in [1.82, 2.24) is 0 Å². The Balaban J connectivity index is 1.95. The summed E-state index contributed by atoms with van der Waals surface area (Å²) in [6.45, 7) is 0. The fourth-order valence-corrected chi connectivity index (χ4v) is 2.56. The van der Waals surface area contributed by atoms with Crippen LogP contribution >= 0.6 is 15.9 Å². The highest BCUT2D eigenvalue weighted by Crippen LogP contribution is 2.29. The van der Waals surface area contributed by atoms with Gasteiger partial charge in [-0.05, 0) is 30.3 Å². The molecule has 3 rings (SSSR count). The maximum atomic E-state index is 13.9. The van der Waals surface area contributed by atoms with Gasteiger partial charge in [-0.1, -0.05) is 40.2 Å². The fourth-order valence-electron chi connectivity index (χ4n) is 2.22. The maximum absolute atomic E-state index is 13.9. The first kappa shape index (κ1) is 16.9. The third kappa shape index (κ3) is 3.61. The van der Waals surface area contributed by atoms with Gasteiger partial charge in [0.15, 0.2) is 11.3 Å². The van der Waals surface area contributed by atoms with E-state index in [0.29, 0.717) is 10.2 Å². The van der Waals surface area contributed by atoms with Gasteiger partial charge in [0, 0.05) is 15.7 Å². The molecule has 0 unspecified atom stereocenters. The molecule has 7 heteroatoms. The molecule has 2 N–H and O–H groups in total. The average Bonchev–Trinajstić information content (AvgIpc) is 2.86. The number of nitrogens with one attached hydrogen (secondary N) is 1. The van der Waals surface area contributed by atoms with Gasteiger partial charge in [0.1, 0.15) is 5.82 Å². The van der Waals surface area contributed by atoms with Gasteiger partial charge in [-0.25, -0.2) is 9.18 Å². The number of hydrogen-bond acceptors (Lipinski definition) is 4. The molecular formula is C18H11BrFNO4. The maximum Gasteiger partial charge on any atom is 0.345 e. The predicted octanol–water partition coefficient (Wildman–Crippen LogP) is 3.94. The number of carboxylic acid groups (broad SMARTS) is 1. The zero-order valence-electron chi connectivity index (χ0n) is 12.6. The lowest BCUT2D eigenvalue weighted by molar-refractivity contribution is -0.134. The number of allylic oxidation sites excluding steroid dienone is 1. The van der Waals surface area contributed by atoms with Crippen molar-refractivity contribution in [3.05, 3.63) is 81.6 Å². The van der Waals surface area contributed by atoms with E-state index in [1.54, 1.807) is 36.4 Å². The Bertz CT molecular complexity index is 922. The number of benzene rings is 2. The van der Waals surface area contributed by atoms with Gasteiger partial charge in [-0.2, -0.15) is 0 Å². The third-order valence-electron chi connectivity index (χ3n) is 3.38. The SMILES string of the molecule is O=C(O)C1=C(Nc2ccccc2)O/C(=C\c2ccc(Br)cc2F)C1=O. The van der Waals surface area contributed by atoms with Crippen molar-refractivity contribution in [2.45, 2.75) is 0 Å². The number of ether oxygens (including phenoxy) is 1. The minimum absolute atomic E-state index is 0.109. The minimum atomic E-state index is -1.43. The molecular weight excluding hydrogens is 393 g/mol. The summed E-state index contributed by atoms with van der Waals surface area (Å²) in [5.41, 5.74) is 0.130. The fraction of sp³-hybridized carbons (Fsp3) is 0. The molecule has 0 atom stereocenters. The van der Waals surface area contributed by atoms with Crippen molar-refractivity contribution in [1.29, 1.82) is 0 Å². The molecule has 0 aromatic heterocycles. The molecule has 0 radical (unpaired) electrons. The quantitative estimate of drug-likeness (QED) is 0.597. The number of aliphatic carboxylic acids is 1. The Hall–Kier alpha value is -2.93. The van der Waals surface area contributed by atoms with Crippen molar-refractivity contribution in [3.63, 3.8) is 0 Å². The molecule has 1 aliphatic rings. The van der Waals surface area contributed by atoms with Crippen LogP contribution in [0.1, 0.15) is 5.56 Å². The lowest BCUT2D eigenvalue weighted by atomic mass is 10.1. The molecule has 0 bridgehead atoms. The molecule has 25 heavy (non-hydrogen) atoms. The van der Waals surface area contributed by atoms with Crippen molar-refractivity contribution in [2.75, 3.05) is 5.32 Å². The van der Waals surface area contributed by atoms with Crippen LogP contribution in [0, 0.1) is 5.82 Å². The van der Waals surface area contributed by atoms with E-state index in [1.807, 2.05) is 0 Å². The van der Waals surface area contributed by atoms with E-state index in [0.717, 1.165) is 0 Å². The molecule has 1 heterocycles. The number of carboxylic acids is 1. The number of para-hydroxylation sites is 1. The second-order valence-electron chi connectivity index (χ2n) is 5.11. The monoisotopic (exact) mass is 403 g/mol. The van der Waals surface area contributed by atoms with E-state index in [9.17, 15) is 19.1 Å². The molecule has 0 amide bonds. The first-order chi connectivity index (χ1) is 12.0. The van der Waals surface area contributed by atoms with Crippen LogP contribution in [0.15, 0.2) is 70.2 Å². The average molecular weight is 404 g/mol. The normalized spacial score (nSPS) is 15.4. The Labute approximate surface area is 150 Å². The van der Waals surface area contributed by atoms with Gasteiger partial charge in [-0.15, -0.1) is 0 Å². The number of ketones is 1. The van der Waals surface area contributed by atoms with Crippen LogP contribution in [0.4, 0.5) is 10.1 Å². The second-order valence-corrected chi connectivity index (χ2v) is 6.02. The summed E-state index contributed by atoms with van der Waals surface area (Å²) < 4.78 is 19.8. The lowest BCUT2D eigenvalue weighted by Gasteiger charge is -2.07. The first-order valence-electron chi connectivity index (χ1n) is 7.14. The Morgan fingerprint density at radius 1 is 1.20 bits per heavy atom. The largest absolute Gasteiger partial charge is 0.477 e. The summed E-state index contributed by atoms with van der Waals surface area (Å²) in [6.07, 6.45) is 1.17. The van der Waals surface area contributed by atoms with Crippen LogP contribution in [-0.2, 0) is 14.3 Å². The Morgan fingerprint density at radius 2 is 1.92 bits per heavy atom. The number of carbonyl (C=O) groups is 2. The standard InChI is InChI=1S/C18H11BrFNO4/c19-11-7-6-10(13(20)9-11)8-14-16(22)15(18(23)24)17(25-14)21-12-4-2-1-3-5-12/h1-9,21H,(H,23,24)/b14-8-. The zero-order valence-corrected chi connectivity index (χ0v) is 14.2. The Kier molecular flexibility index (Phi) is 4.67. The van der Waals surface area contributed by atoms with Gasteiger partial charge in [0.05, 0.1) is 0 Å². The molecule has 5 nitrogen and oxygen atoms in total. The van der Waals surface area contributed by atoms with Gasteiger partial charge < -0.3 is 15.2 Å². The molecule has 2 aromatic rings. The molecule has 0 fully saturated rings. The smallest absolute Gasteiger partial charge is 0.345 e. The van der Waals surface area contributed by atoms with Crippen LogP contribution in [0.5, 0.6) is 0 Å². The van der Waals surface area contributed by atoms with E-state index in [-0.39, 0.29) is 17.2 Å². The van der Waals surface area contributed by atoms with Crippen LogP contribution in [0.25, 0.3) is 6.08 Å². The third-order valence-corrected chi connectivity index (χ3v) is 3.88. The number of rotatable bonds is 4. The van der Waals surface area contributed by atoms with Crippen LogP contribution in [0.3, 0.4) is 0 Å². The summed E-state index contributed by atoms with van der Waals surface area (Å²) >= 11 is 3.14. The molecule has 2 aromatic carbocycles. The first-order valence-corrected chi connectivity index (χ1v) is 7.94. The summed E-state index contributed by atoms with van der Waals surface area (Å²) in [5.74, 6) is -3.29. The van der Waals surface area contributed by atoms with E-state index < -0.39 is 23.1 Å². The molecule has 0 saturated heterocycles. The van der Waals surface area contributed by atoms with Crippen molar-refractivity contribution < 1.29 is 23.8 Å². The van der Waals surface area contributed by atoms with Gasteiger partial charge in [-0.3, -0.25) is 4.79 Å². The van der Waals surface area contributed by atoms with E-state index in [2.05, 4.69) is 21.2 Å². The Morgan fingerprint density at radius 3 is 2.56 bits per heavy atom. The number of hydrogen-bond donors (Lipinski definition) is 2. The van der Waals surface area contributed by atoms with Gasteiger partial charge in [0.2, 0.25) is 11.7 Å². The molecule has 1 aliphatic heterocycles. The second kappa shape index (κ2) is 6.90. The molecule has 0 saturated carbocycles. The van der Waals surface area contributed by atoms with Crippen molar-refractivity contribution in [2.24, 2.45) is 0 Å².